The Bertz CT molecular complexity index is 422. The van der Waals surface area contributed by atoms with E-state index in [2.05, 4.69) is 11.9 Å². The molecule has 1 aromatic heterocycles. The summed E-state index contributed by atoms with van der Waals surface area (Å²) >= 11 is 0. The van der Waals surface area contributed by atoms with Crippen molar-refractivity contribution in [2.45, 2.75) is 58.3 Å². The molecule has 0 spiro atoms. The van der Waals surface area contributed by atoms with E-state index in [1.54, 1.807) is 12.4 Å². The van der Waals surface area contributed by atoms with Crippen LogP contribution in [0.15, 0.2) is 24.5 Å². The predicted octanol–water partition coefficient (Wildman–Crippen LogP) is 4.08. The number of hydrogen-bond donors (Lipinski definition) is 1. The smallest absolute Gasteiger partial charge is 0.309 e. The molecule has 0 amide bonds. The van der Waals surface area contributed by atoms with Gasteiger partial charge in [0.25, 0.3) is 0 Å². The molecule has 0 atom stereocenters. The zero-order valence-corrected chi connectivity index (χ0v) is 12.3. The molecule has 0 aliphatic heterocycles. The van der Waals surface area contributed by atoms with Gasteiger partial charge in [0, 0.05) is 12.4 Å². The maximum Gasteiger partial charge on any atom is 0.309 e. The van der Waals surface area contributed by atoms with Gasteiger partial charge in [0.05, 0.1) is 5.41 Å². The van der Waals surface area contributed by atoms with Crippen molar-refractivity contribution in [3.05, 3.63) is 30.1 Å². The van der Waals surface area contributed by atoms with Crippen LogP contribution in [0.4, 0.5) is 0 Å². The predicted molar refractivity (Wildman–Crippen MR) is 79.5 cm³/mol. The highest BCUT2D eigenvalue weighted by Gasteiger charge is 2.41. The van der Waals surface area contributed by atoms with Gasteiger partial charge in [-0.2, -0.15) is 0 Å². The lowest BCUT2D eigenvalue weighted by Crippen LogP contribution is -2.36. The Morgan fingerprint density at radius 3 is 2.55 bits per heavy atom. The molecule has 1 aromatic rings. The fraction of sp³-hybridized carbons (Fsp3) is 0.647. The van der Waals surface area contributed by atoms with E-state index in [1.807, 2.05) is 12.1 Å². The van der Waals surface area contributed by atoms with Crippen molar-refractivity contribution in [3.63, 3.8) is 0 Å². The third-order valence-electron chi connectivity index (χ3n) is 4.85. The summed E-state index contributed by atoms with van der Waals surface area (Å²) in [5.74, 6) is 0.148. The molecule has 0 radical (unpaired) electrons. The maximum absolute atomic E-state index is 11.7. The molecule has 3 heteroatoms. The standard InChI is InChI=1S/C17H25NO2/c1-2-3-14-4-9-17(10-5-14,16(19)20)11-6-15-7-12-18-13-8-15/h7-8,12-14H,2-6,9-11H2,1H3,(H,19,20). The van der Waals surface area contributed by atoms with Crippen molar-refractivity contribution in [3.8, 4) is 0 Å². The molecule has 0 unspecified atom stereocenters. The van der Waals surface area contributed by atoms with Crippen LogP contribution in [0.1, 0.15) is 57.4 Å². The van der Waals surface area contributed by atoms with Crippen molar-refractivity contribution in [1.82, 2.24) is 4.98 Å². The fourth-order valence-corrected chi connectivity index (χ4v) is 3.43. The zero-order chi connectivity index (χ0) is 14.4. The molecule has 0 bridgehead atoms. The van der Waals surface area contributed by atoms with E-state index in [-0.39, 0.29) is 0 Å². The van der Waals surface area contributed by atoms with E-state index in [0.29, 0.717) is 0 Å². The molecule has 1 heterocycles. The van der Waals surface area contributed by atoms with Gasteiger partial charge < -0.3 is 5.11 Å². The van der Waals surface area contributed by atoms with Crippen molar-refractivity contribution >= 4 is 5.97 Å². The van der Waals surface area contributed by atoms with Crippen LogP contribution in [0.3, 0.4) is 0 Å². The van der Waals surface area contributed by atoms with Gasteiger partial charge in [-0.1, -0.05) is 19.8 Å². The van der Waals surface area contributed by atoms with Crippen molar-refractivity contribution in [1.29, 1.82) is 0 Å². The lowest BCUT2D eigenvalue weighted by Gasteiger charge is -2.37. The van der Waals surface area contributed by atoms with Crippen LogP contribution >= 0.6 is 0 Å². The Hall–Kier alpha value is -1.38. The maximum atomic E-state index is 11.7. The van der Waals surface area contributed by atoms with Gasteiger partial charge in [-0.15, -0.1) is 0 Å². The number of carboxylic acids is 1. The number of aryl methyl sites for hydroxylation is 1. The van der Waals surface area contributed by atoms with Crippen LogP contribution in [-0.4, -0.2) is 16.1 Å². The summed E-state index contributed by atoms with van der Waals surface area (Å²) in [5, 5.41) is 9.67. The average Bonchev–Trinajstić information content (AvgIpc) is 2.48. The van der Waals surface area contributed by atoms with E-state index in [9.17, 15) is 9.90 Å². The topological polar surface area (TPSA) is 50.2 Å². The summed E-state index contributed by atoms with van der Waals surface area (Å²) in [7, 11) is 0. The quantitative estimate of drug-likeness (QED) is 0.851. The number of pyridine rings is 1. The van der Waals surface area contributed by atoms with Crippen molar-refractivity contribution in [2.75, 3.05) is 0 Å². The van der Waals surface area contributed by atoms with Crippen LogP contribution in [0.5, 0.6) is 0 Å². The average molecular weight is 275 g/mol. The summed E-state index contributed by atoms with van der Waals surface area (Å²) < 4.78 is 0. The van der Waals surface area contributed by atoms with E-state index < -0.39 is 11.4 Å². The van der Waals surface area contributed by atoms with Gasteiger partial charge in [-0.05, 0) is 62.1 Å². The molecule has 1 aliphatic rings. The number of rotatable bonds is 6. The number of aliphatic carboxylic acids is 1. The molecular formula is C17H25NO2. The first kappa shape index (κ1) is 15.0. The van der Waals surface area contributed by atoms with E-state index in [4.69, 9.17) is 0 Å². The SMILES string of the molecule is CCCC1CCC(CCc2ccncc2)(C(=O)O)CC1. The largest absolute Gasteiger partial charge is 0.481 e. The zero-order valence-electron chi connectivity index (χ0n) is 12.3. The minimum absolute atomic E-state index is 0.493. The highest BCUT2D eigenvalue weighted by Crippen LogP contribution is 2.43. The van der Waals surface area contributed by atoms with E-state index in [1.165, 1.54) is 18.4 Å². The van der Waals surface area contributed by atoms with Crippen LogP contribution < -0.4 is 0 Å². The molecule has 1 saturated carbocycles. The molecular weight excluding hydrogens is 250 g/mol. The summed E-state index contributed by atoms with van der Waals surface area (Å²) in [5.41, 5.74) is 0.698. The van der Waals surface area contributed by atoms with Gasteiger partial charge in [-0.25, -0.2) is 0 Å². The highest BCUT2D eigenvalue weighted by molar-refractivity contribution is 5.74. The highest BCUT2D eigenvalue weighted by atomic mass is 16.4. The van der Waals surface area contributed by atoms with Gasteiger partial charge in [0.15, 0.2) is 0 Å². The molecule has 1 N–H and O–H groups in total. The summed E-state index contributed by atoms with van der Waals surface area (Å²) in [6.07, 6.45) is 11.5. The number of aromatic nitrogens is 1. The second-order valence-corrected chi connectivity index (χ2v) is 6.17. The Balaban J connectivity index is 1.96. The monoisotopic (exact) mass is 275 g/mol. The minimum atomic E-state index is -0.596. The fourth-order valence-electron chi connectivity index (χ4n) is 3.43. The number of nitrogens with zero attached hydrogens (tertiary/aromatic N) is 1. The Morgan fingerprint density at radius 2 is 2.00 bits per heavy atom. The van der Waals surface area contributed by atoms with Gasteiger partial charge in [0.1, 0.15) is 0 Å². The van der Waals surface area contributed by atoms with Gasteiger partial charge in [0.2, 0.25) is 0 Å². The molecule has 0 aromatic carbocycles. The van der Waals surface area contributed by atoms with Crippen LogP contribution in [0.25, 0.3) is 0 Å². The first-order chi connectivity index (χ1) is 9.66. The first-order valence-corrected chi connectivity index (χ1v) is 7.78. The third kappa shape index (κ3) is 3.59. The molecule has 1 fully saturated rings. The second kappa shape index (κ2) is 6.87. The Morgan fingerprint density at radius 1 is 1.35 bits per heavy atom. The molecule has 110 valence electrons. The van der Waals surface area contributed by atoms with E-state index in [0.717, 1.165) is 44.4 Å². The summed E-state index contributed by atoms with van der Waals surface area (Å²) in [6, 6.07) is 3.97. The Kier molecular flexibility index (Phi) is 5.16. The van der Waals surface area contributed by atoms with Gasteiger partial charge in [-0.3, -0.25) is 9.78 Å². The van der Waals surface area contributed by atoms with Gasteiger partial charge >= 0.3 is 5.97 Å². The molecule has 3 nitrogen and oxygen atoms in total. The summed E-state index contributed by atoms with van der Waals surface area (Å²) in [6.45, 7) is 2.21. The first-order valence-electron chi connectivity index (χ1n) is 7.78. The number of hydrogen-bond acceptors (Lipinski definition) is 2. The minimum Gasteiger partial charge on any atom is -0.481 e. The van der Waals surface area contributed by atoms with Crippen LogP contribution in [0.2, 0.25) is 0 Å². The van der Waals surface area contributed by atoms with E-state index >= 15 is 0 Å². The summed E-state index contributed by atoms with van der Waals surface area (Å²) in [4.78, 5) is 15.8. The van der Waals surface area contributed by atoms with Crippen LogP contribution in [0, 0.1) is 11.3 Å². The molecule has 0 saturated heterocycles. The Labute approximate surface area is 121 Å². The third-order valence-corrected chi connectivity index (χ3v) is 4.85. The lowest BCUT2D eigenvalue weighted by atomic mass is 9.67. The molecule has 20 heavy (non-hydrogen) atoms. The van der Waals surface area contributed by atoms with Crippen molar-refractivity contribution < 1.29 is 9.90 Å². The van der Waals surface area contributed by atoms with Crippen molar-refractivity contribution in [2.24, 2.45) is 11.3 Å². The normalized spacial score (nSPS) is 26.4. The molecule has 2 rings (SSSR count). The second-order valence-electron chi connectivity index (χ2n) is 6.17. The molecule has 1 aliphatic carbocycles. The number of carbonyl (C=O) groups is 1. The number of carboxylic acid groups (broad SMARTS) is 1. The lowest BCUT2D eigenvalue weighted by molar-refractivity contribution is -0.152. The van der Waals surface area contributed by atoms with Crippen LogP contribution in [-0.2, 0) is 11.2 Å².